The van der Waals surface area contributed by atoms with Crippen LogP contribution in [-0.2, 0) is 12.0 Å². The maximum atomic E-state index is 6.38. The predicted octanol–water partition coefficient (Wildman–Crippen LogP) is 4.58. The topological polar surface area (TPSA) is 26.0 Å². The average molecular weight is 331 g/mol. The zero-order chi connectivity index (χ0) is 12.5. The molecule has 0 saturated heterocycles. The van der Waals surface area contributed by atoms with Gasteiger partial charge in [0.2, 0.25) is 0 Å². The van der Waals surface area contributed by atoms with Crippen molar-refractivity contribution in [3.8, 4) is 0 Å². The molecule has 0 aliphatic heterocycles. The minimum absolute atomic E-state index is 0.366. The van der Waals surface area contributed by atoms with Gasteiger partial charge in [0.25, 0.3) is 0 Å². The summed E-state index contributed by atoms with van der Waals surface area (Å²) in [6.07, 6.45) is 0.798. The Labute approximate surface area is 119 Å². The van der Waals surface area contributed by atoms with Crippen LogP contribution < -0.4 is 5.73 Å². The van der Waals surface area contributed by atoms with Crippen LogP contribution in [0.4, 0.5) is 0 Å². The summed E-state index contributed by atoms with van der Waals surface area (Å²) in [4.78, 5) is 1.21. The van der Waals surface area contributed by atoms with Crippen LogP contribution in [0.3, 0.4) is 0 Å². The van der Waals surface area contributed by atoms with Crippen LogP contribution in [0.2, 0.25) is 4.34 Å². The maximum Gasteiger partial charge on any atom is 0.0931 e. The zero-order valence-corrected chi connectivity index (χ0v) is 12.6. The van der Waals surface area contributed by atoms with Crippen molar-refractivity contribution in [3.63, 3.8) is 0 Å². The quantitative estimate of drug-likeness (QED) is 0.876. The van der Waals surface area contributed by atoms with Gasteiger partial charge in [0.15, 0.2) is 0 Å². The largest absolute Gasteiger partial charge is 0.321 e. The third-order valence-corrected chi connectivity index (χ3v) is 4.43. The fourth-order valence-electron chi connectivity index (χ4n) is 1.74. The van der Waals surface area contributed by atoms with Crippen molar-refractivity contribution in [2.75, 3.05) is 0 Å². The van der Waals surface area contributed by atoms with E-state index in [-0.39, 0.29) is 5.54 Å². The van der Waals surface area contributed by atoms with Gasteiger partial charge in [-0.2, -0.15) is 0 Å². The molecule has 0 aliphatic carbocycles. The van der Waals surface area contributed by atoms with E-state index in [1.54, 1.807) is 11.3 Å². The molecule has 1 unspecified atom stereocenters. The van der Waals surface area contributed by atoms with Crippen molar-refractivity contribution in [2.24, 2.45) is 5.73 Å². The monoisotopic (exact) mass is 329 g/mol. The minimum Gasteiger partial charge on any atom is -0.321 e. The Morgan fingerprint density at radius 2 is 1.88 bits per heavy atom. The Bertz CT molecular complexity index is 504. The molecule has 2 aromatic rings. The van der Waals surface area contributed by atoms with Crippen LogP contribution in [0, 0.1) is 0 Å². The summed E-state index contributed by atoms with van der Waals surface area (Å²) in [6, 6.07) is 12.1. The molecule has 1 atom stereocenters. The number of hydrogen-bond donors (Lipinski definition) is 1. The second-order valence-corrected chi connectivity index (χ2v) is 7.02. The van der Waals surface area contributed by atoms with E-state index in [1.165, 1.54) is 4.88 Å². The van der Waals surface area contributed by atoms with Gasteiger partial charge in [-0.15, -0.1) is 11.3 Å². The van der Waals surface area contributed by atoms with E-state index < -0.39 is 0 Å². The number of benzene rings is 1. The highest BCUT2D eigenvalue weighted by Crippen LogP contribution is 2.29. The van der Waals surface area contributed by atoms with Gasteiger partial charge < -0.3 is 5.73 Å². The van der Waals surface area contributed by atoms with Gasteiger partial charge in [-0.05, 0) is 36.8 Å². The summed E-state index contributed by atoms with van der Waals surface area (Å²) in [5.41, 5.74) is 7.14. The van der Waals surface area contributed by atoms with Crippen LogP contribution in [0.25, 0.3) is 0 Å². The first-order valence-electron chi connectivity index (χ1n) is 5.26. The molecule has 1 aromatic carbocycles. The van der Waals surface area contributed by atoms with Gasteiger partial charge in [0, 0.05) is 21.3 Å². The van der Waals surface area contributed by atoms with Gasteiger partial charge in [0.05, 0.1) is 4.34 Å². The Kier molecular flexibility index (Phi) is 3.93. The molecule has 4 heteroatoms. The van der Waals surface area contributed by atoms with E-state index in [1.807, 2.05) is 31.2 Å². The lowest BCUT2D eigenvalue weighted by atomic mass is 9.89. The molecule has 0 bridgehead atoms. The molecule has 2 N–H and O–H groups in total. The maximum absolute atomic E-state index is 6.38. The molecule has 0 saturated carbocycles. The molecule has 0 aliphatic rings. The summed E-state index contributed by atoms with van der Waals surface area (Å²) >= 11 is 10.9. The van der Waals surface area contributed by atoms with E-state index >= 15 is 0 Å². The molecular weight excluding hydrogens is 318 g/mol. The van der Waals surface area contributed by atoms with E-state index in [2.05, 4.69) is 28.1 Å². The summed E-state index contributed by atoms with van der Waals surface area (Å²) in [5, 5.41) is 0. The highest BCUT2D eigenvalue weighted by atomic mass is 79.9. The third-order valence-electron chi connectivity index (χ3n) is 2.67. The minimum atomic E-state index is -0.366. The van der Waals surface area contributed by atoms with Crippen LogP contribution >= 0.6 is 38.9 Å². The van der Waals surface area contributed by atoms with Gasteiger partial charge in [-0.25, -0.2) is 0 Å². The molecule has 17 heavy (non-hydrogen) atoms. The first kappa shape index (κ1) is 13.1. The lowest BCUT2D eigenvalue weighted by Crippen LogP contribution is -2.35. The van der Waals surface area contributed by atoms with Crippen molar-refractivity contribution in [1.82, 2.24) is 0 Å². The van der Waals surface area contributed by atoms with Crippen LogP contribution in [0.5, 0.6) is 0 Å². The smallest absolute Gasteiger partial charge is 0.0931 e. The Morgan fingerprint density at radius 3 is 2.41 bits per heavy atom. The Hall–Kier alpha value is -0.350. The van der Waals surface area contributed by atoms with E-state index in [0.29, 0.717) is 0 Å². The molecule has 2 rings (SSSR count). The summed E-state index contributed by atoms with van der Waals surface area (Å²) in [5.74, 6) is 0. The molecule has 1 heterocycles. The first-order chi connectivity index (χ1) is 7.97. The summed E-state index contributed by atoms with van der Waals surface area (Å²) in [6.45, 7) is 2.05. The number of rotatable bonds is 3. The van der Waals surface area contributed by atoms with Crippen molar-refractivity contribution >= 4 is 38.9 Å². The molecule has 1 aromatic heterocycles. The van der Waals surface area contributed by atoms with Crippen molar-refractivity contribution in [3.05, 3.63) is 55.6 Å². The number of halogens is 2. The molecule has 0 amide bonds. The Balaban J connectivity index is 2.21. The number of thiophene rings is 1. The van der Waals surface area contributed by atoms with Gasteiger partial charge in [-0.1, -0.05) is 39.7 Å². The second-order valence-electron chi connectivity index (χ2n) is 4.31. The van der Waals surface area contributed by atoms with Crippen molar-refractivity contribution in [2.45, 2.75) is 18.9 Å². The second kappa shape index (κ2) is 5.11. The highest BCUT2D eigenvalue weighted by molar-refractivity contribution is 9.10. The average Bonchev–Trinajstić information content (AvgIpc) is 2.63. The van der Waals surface area contributed by atoms with Crippen molar-refractivity contribution in [1.29, 1.82) is 0 Å². The van der Waals surface area contributed by atoms with Gasteiger partial charge in [0.1, 0.15) is 0 Å². The highest BCUT2D eigenvalue weighted by Gasteiger charge is 2.22. The lowest BCUT2D eigenvalue weighted by molar-refractivity contribution is 0.495. The van der Waals surface area contributed by atoms with Crippen LogP contribution in [-0.4, -0.2) is 0 Å². The first-order valence-corrected chi connectivity index (χ1v) is 7.25. The number of nitrogens with two attached hydrogens (primary N) is 1. The number of hydrogen-bond acceptors (Lipinski definition) is 2. The van der Waals surface area contributed by atoms with Gasteiger partial charge >= 0.3 is 0 Å². The zero-order valence-electron chi connectivity index (χ0n) is 9.41. The fraction of sp³-hybridized carbons (Fsp3) is 0.231. The van der Waals surface area contributed by atoms with Crippen molar-refractivity contribution < 1.29 is 0 Å². The summed E-state index contributed by atoms with van der Waals surface area (Å²) < 4.78 is 1.88. The van der Waals surface area contributed by atoms with Crippen LogP contribution in [0.1, 0.15) is 17.4 Å². The third kappa shape index (κ3) is 3.32. The fourth-order valence-corrected chi connectivity index (χ4v) is 3.26. The van der Waals surface area contributed by atoms with Crippen LogP contribution in [0.15, 0.2) is 40.9 Å². The Morgan fingerprint density at radius 1 is 1.24 bits per heavy atom. The summed E-state index contributed by atoms with van der Waals surface area (Å²) in [7, 11) is 0. The molecule has 90 valence electrons. The van der Waals surface area contributed by atoms with E-state index in [9.17, 15) is 0 Å². The van der Waals surface area contributed by atoms with E-state index in [0.717, 1.165) is 20.8 Å². The SMILES string of the molecule is CC(N)(Cc1ccc(Cl)s1)c1ccc(Br)cc1. The normalized spacial score (nSPS) is 14.6. The van der Waals surface area contributed by atoms with E-state index in [4.69, 9.17) is 17.3 Å². The molecule has 1 nitrogen and oxygen atoms in total. The predicted molar refractivity (Wildman–Crippen MR) is 78.7 cm³/mol. The molecular formula is C13H13BrClNS. The molecule has 0 spiro atoms. The molecule has 0 fully saturated rings. The lowest BCUT2D eigenvalue weighted by Gasteiger charge is -2.24. The van der Waals surface area contributed by atoms with Gasteiger partial charge in [-0.3, -0.25) is 0 Å². The standard InChI is InChI=1S/C13H13BrClNS/c1-13(16,8-11-6-7-12(15)17-11)9-2-4-10(14)5-3-9/h2-7H,8,16H2,1H3. The molecule has 0 radical (unpaired) electrons.